The van der Waals surface area contributed by atoms with Crippen LogP contribution in [0.5, 0.6) is 11.5 Å². The third-order valence-corrected chi connectivity index (χ3v) is 6.43. The lowest BCUT2D eigenvalue weighted by Gasteiger charge is -2.26. The Labute approximate surface area is 174 Å². The highest BCUT2D eigenvalue weighted by Crippen LogP contribution is 2.29. The van der Waals surface area contributed by atoms with Crippen molar-refractivity contribution in [2.24, 2.45) is 0 Å². The Bertz CT molecular complexity index is 991. The highest BCUT2D eigenvalue weighted by molar-refractivity contribution is 7.89. The van der Waals surface area contributed by atoms with E-state index in [0.29, 0.717) is 24.7 Å². The van der Waals surface area contributed by atoms with Crippen LogP contribution in [0.3, 0.4) is 0 Å². The number of amides is 1. The summed E-state index contributed by atoms with van der Waals surface area (Å²) in [6.07, 6.45) is -0.917. The number of hydrogen-bond donors (Lipinski definition) is 1. The Morgan fingerprint density at radius 3 is 2.47 bits per heavy atom. The molecule has 1 aliphatic heterocycles. The number of nitrogens with one attached hydrogen (secondary N) is 1. The smallest absolute Gasteiger partial charge is 0.265 e. The van der Waals surface area contributed by atoms with Crippen LogP contribution in [-0.4, -0.2) is 58.1 Å². The molecule has 3 rings (SSSR count). The number of sulfonamides is 1. The normalized spacial score (nSPS) is 16.0. The molecule has 1 N–H and O–H groups in total. The Morgan fingerprint density at radius 1 is 1.17 bits per heavy atom. The number of carbonyl (C=O) groups is 1. The van der Waals surface area contributed by atoms with Gasteiger partial charge in [-0.2, -0.15) is 4.31 Å². The van der Waals surface area contributed by atoms with Crippen molar-refractivity contribution < 1.29 is 31.8 Å². The van der Waals surface area contributed by atoms with Gasteiger partial charge in [-0.15, -0.1) is 0 Å². The molecule has 1 saturated heterocycles. The maximum atomic E-state index is 13.0. The van der Waals surface area contributed by atoms with Gasteiger partial charge in [-0.1, -0.05) is 0 Å². The number of halogens is 1. The second-order valence-electron chi connectivity index (χ2n) is 6.58. The summed E-state index contributed by atoms with van der Waals surface area (Å²) in [5.74, 6) is -0.297. The molecule has 0 aliphatic carbocycles. The molecule has 2 aromatic carbocycles. The van der Waals surface area contributed by atoms with Crippen LogP contribution in [0.2, 0.25) is 0 Å². The molecule has 1 aliphatic rings. The van der Waals surface area contributed by atoms with E-state index in [1.54, 1.807) is 0 Å². The van der Waals surface area contributed by atoms with Crippen molar-refractivity contribution in [3.05, 3.63) is 48.3 Å². The molecule has 0 spiro atoms. The number of nitrogens with zero attached hydrogens (tertiary/aromatic N) is 1. The third kappa shape index (κ3) is 5.07. The summed E-state index contributed by atoms with van der Waals surface area (Å²) in [5, 5.41) is 2.64. The molecule has 0 aromatic heterocycles. The number of carbonyl (C=O) groups excluding carboxylic acids is 1. The van der Waals surface area contributed by atoms with Gasteiger partial charge in [-0.3, -0.25) is 4.79 Å². The molecule has 1 amide bonds. The summed E-state index contributed by atoms with van der Waals surface area (Å²) < 4.78 is 56.1. The van der Waals surface area contributed by atoms with Crippen LogP contribution in [0.15, 0.2) is 47.4 Å². The number of benzene rings is 2. The first-order valence-corrected chi connectivity index (χ1v) is 10.7. The van der Waals surface area contributed by atoms with Crippen molar-refractivity contribution in [2.75, 3.05) is 38.7 Å². The van der Waals surface area contributed by atoms with E-state index in [0.717, 1.165) is 0 Å². The zero-order valence-electron chi connectivity index (χ0n) is 16.6. The highest BCUT2D eigenvalue weighted by atomic mass is 32.2. The van der Waals surface area contributed by atoms with Crippen molar-refractivity contribution >= 4 is 21.6 Å². The molecule has 2 aromatic rings. The number of hydrogen-bond acceptors (Lipinski definition) is 6. The molecule has 0 radical (unpaired) electrons. The maximum absolute atomic E-state index is 13.0. The zero-order valence-corrected chi connectivity index (χ0v) is 17.4. The fraction of sp³-hybridized carbons (Fsp3) is 0.350. The van der Waals surface area contributed by atoms with Gasteiger partial charge in [0.05, 0.1) is 30.9 Å². The van der Waals surface area contributed by atoms with Crippen molar-refractivity contribution in [1.82, 2.24) is 4.31 Å². The van der Waals surface area contributed by atoms with E-state index in [1.807, 2.05) is 0 Å². The van der Waals surface area contributed by atoms with Crippen LogP contribution in [0.25, 0.3) is 0 Å². The molecule has 0 saturated carbocycles. The second kappa shape index (κ2) is 9.41. The van der Waals surface area contributed by atoms with E-state index in [9.17, 15) is 17.6 Å². The van der Waals surface area contributed by atoms with E-state index < -0.39 is 27.9 Å². The Balaban J connectivity index is 1.77. The van der Waals surface area contributed by atoms with Crippen LogP contribution >= 0.6 is 0 Å². The van der Waals surface area contributed by atoms with Crippen LogP contribution < -0.4 is 14.8 Å². The predicted octanol–water partition coefficient (Wildman–Crippen LogP) is 2.26. The average Bonchev–Trinajstić information content (AvgIpc) is 2.75. The molecule has 1 atom stereocenters. The first kappa shape index (κ1) is 22.0. The van der Waals surface area contributed by atoms with E-state index >= 15 is 0 Å². The van der Waals surface area contributed by atoms with E-state index in [2.05, 4.69) is 5.32 Å². The van der Waals surface area contributed by atoms with E-state index in [4.69, 9.17) is 14.2 Å². The van der Waals surface area contributed by atoms with Crippen LogP contribution in [0, 0.1) is 5.82 Å². The summed E-state index contributed by atoms with van der Waals surface area (Å²) >= 11 is 0. The second-order valence-corrected chi connectivity index (χ2v) is 8.52. The van der Waals surface area contributed by atoms with Gasteiger partial charge in [-0.05, 0) is 49.4 Å². The first-order chi connectivity index (χ1) is 14.3. The topological polar surface area (TPSA) is 94.2 Å². The van der Waals surface area contributed by atoms with Crippen LogP contribution in [0.1, 0.15) is 6.92 Å². The molecule has 10 heteroatoms. The lowest BCUT2D eigenvalue weighted by atomic mass is 10.2. The minimum atomic E-state index is -3.74. The summed E-state index contributed by atoms with van der Waals surface area (Å²) in [5.41, 5.74) is 0.200. The van der Waals surface area contributed by atoms with Crippen molar-refractivity contribution in [2.45, 2.75) is 17.9 Å². The van der Waals surface area contributed by atoms with Gasteiger partial charge in [0.25, 0.3) is 5.91 Å². The largest absolute Gasteiger partial charge is 0.495 e. The molecule has 1 heterocycles. The van der Waals surface area contributed by atoms with Crippen molar-refractivity contribution in [3.8, 4) is 11.5 Å². The van der Waals surface area contributed by atoms with Gasteiger partial charge >= 0.3 is 0 Å². The lowest BCUT2D eigenvalue weighted by Crippen LogP contribution is -2.40. The maximum Gasteiger partial charge on any atom is 0.265 e. The lowest BCUT2D eigenvalue weighted by molar-refractivity contribution is -0.122. The molecular formula is C20H23FN2O6S. The molecule has 8 nitrogen and oxygen atoms in total. The summed E-state index contributed by atoms with van der Waals surface area (Å²) in [6.45, 7) is 2.71. The number of ether oxygens (including phenoxy) is 3. The van der Waals surface area contributed by atoms with Crippen LogP contribution in [0.4, 0.5) is 10.1 Å². The number of morpholine rings is 1. The van der Waals surface area contributed by atoms with E-state index in [1.165, 1.54) is 60.8 Å². The number of methoxy groups -OCH3 is 1. The molecule has 1 fully saturated rings. The first-order valence-electron chi connectivity index (χ1n) is 9.30. The van der Waals surface area contributed by atoms with Gasteiger partial charge in [0, 0.05) is 13.1 Å². The Kier molecular flexibility index (Phi) is 6.91. The molecule has 1 unspecified atom stereocenters. The quantitative estimate of drug-likeness (QED) is 0.713. The zero-order chi connectivity index (χ0) is 21.7. The van der Waals surface area contributed by atoms with Gasteiger partial charge in [0.15, 0.2) is 6.10 Å². The molecular weight excluding hydrogens is 415 g/mol. The van der Waals surface area contributed by atoms with Crippen molar-refractivity contribution in [1.29, 1.82) is 0 Å². The fourth-order valence-electron chi connectivity index (χ4n) is 2.89. The molecule has 30 heavy (non-hydrogen) atoms. The summed E-state index contributed by atoms with van der Waals surface area (Å²) in [4.78, 5) is 12.6. The molecule has 162 valence electrons. The summed E-state index contributed by atoms with van der Waals surface area (Å²) in [6, 6.07) is 9.54. The SMILES string of the molecule is COc1ccc(S(=O)(=O)N2CCOCC2)cc1NC(=O)C(C)Oc1ccc(F)cc1. The Hall–Kier alpha value is -2.69. The Morgan fingerprint density at radius 2 is 1.83 bits per heavy atom. The van der Waals surface area contributed by atoms with Crippen LogP contribution in [-0.2, 0) is 19.6 Å². The van der Waals surface area contributed by atoms with Gasteiger partial charge in [-0.25, -0.2) is 12.8 Å². The standard InChI is InChI=1S/C20H23FN2O6S/c1-14(29-16-5-3-15(21)4-6-16)20(24)22-18-13-17(7-8-19(18)27-2)30(25,26)23-9-11-28-12-10-23/h3-8,13-14H,9-12H2,1-2H3,(H,22,24). The predicted molar refractivity (Wildman–Crippen MR) is 108 cm³/mol. The highest BCUT2D eigenvalue weighted by Gasteiger charge is 2.27. The monoisotopic (exact) mass is 438 g/mol. The number of anilines is 1. The molecule has 0 bridgehead atoms. The van der Waals surface area contributed by atoms with Gasteiger partial charge in [0.2, 0.25) is 10.0 Å². The van der Waals surface area contributed by atoms with Gasteiger partial charge < -0.3 is 19.5 Å². The minimum absolute atomic E-state index is 0.0348. The van der Waals surface area contributed by atoms with E-state index in [-0.39, 0.29) is 23.7 Å². The minimum Gasteiger partial charge on any atom is -0.495 e. The van der Waals surface area contributed by atoms with Gasteiger partial charge in [0.1, 0.15) is 17.3 Å². The summed E-state index contributed by atoms with van der Waals surface area (Å²) in [7, 11) is -2.32. The van der Waals surface area contributed by atoms with Crippen molar-refractivity contribution in [3.63, 3.8) is 0 Å². The fourth-order valence-corrected chi connectivity index (χ4v) is 4.32. The third-order valence-electron chi connectivity index (χ3n) is 4.53. The average molecular weight is 438 g/mol. The number of rotatable bonds is 7.